The summed E-state index contributed by atoms with van der Waals surface area (Å²) in [6.45, 7) is 0. The second-order valence-corrected chi connectivity index (χ2v) is 8.86. The Morgan fingerprint density at radius 3 is 2.24 bits per heavy atom. The Labute approximate surface area is 196 Å². The molecule has 0 radical (unpaired) electrons. The van der Waals surface area contributed by atoms with E-state index in [4.69, 9.17) is 15.6 Å². The average molecular weight is 476 g/mol. The van der Waals surface area contributed by atoms with Crippen LogP contribution < -0.4 is 20.9 Å². The number of benzene rings is 3. The van der Waals surface area contributed by atoms with Crippen LogP contribution in [0.2, 0.25) is 0 Å². The van der Waals surface area contributed by atoms with Crippen molar-refractivity contribution in [3.8, 4) is 17.0 Å². The molecule has 0 saturated heterocycles. The van der Waals surface area contributed by atoms with Crippen molar-refractivity contribution >= 4 is 27.6 Å². The maximum Gasteiger partial charge on any atom is 0.332 e. The summed E-state index contributed by atoms with van der Waals surface area (Å²) in [5, 5.41) is 8.13. The molecule has 0 bridgehead atoms. The fourth-order valence-electron chi connectivity index (χ4n) is 3.11. The summed E-state index contributed by atoms with van der Waals surface area (Å²) in [6, 6.07) is 22.6. The van der Waals surface area contributed by atoms with Gasteiger partial charge in [0.1, 0.15) is 11.8 Å². The van der Waals surface area contributed by atoms with Crippen molar-refractivity contribution < 1.29 is 17.9 Å². The van der Waals surface area contributed by atoms with Crippen molar-refractivity contribution in [3.05, 3.63) is 96.7 Å². The summed E-state index contributed by atoms with van der Waals surface area (Å²) in [5.41, 5.74) is 8.67. The molecule has 1 heterocycles. The Balaban J connectivity index is 1.44. The minimum absolute atomic E-state index is 0.0123. The fourth-order valence-corrected chi connectivity index (χ4v) is 3.62. The lowest BCUT2D eigenvalue weighted by Gasteiger charge is -2.12. The van der Waals surface area contributed by atoms with E-state index in [1.54, 1.807) is 60.8 Å². The van der Waals surface area contributed by atoms with Crippen molar-refractivity contribution in [2.45, 2.75) is 10.9 Å². The number of hydrogen-bond donors (Lipinski definition) is 3. The largest absolute Gasteiger partial charge is 0.425 e. The normalized spacial score (nSPS) is 12.1. The summed E-state index contributed by atoms with van der Waals surface area (Å²) in [7, 11) is -3.76. The van der Waals surface area contributed by atoms with E-state index in [2.05, 4.69) is 15.3 Å². The number of nitrogens with two attached hydrogens (primary N) is 2. The van der Waals surface area contributed by atoms with Gasteiger partial charge in [0.25, 0.3) is 0 Å². The quantitative estimate of drug-likeness (QED) is 0.272. The Kier molecular flexibility index (Phi) is 6.64. The molecule has 0 amide bonds. The van der Waals surface area contributed by atoms with Crippen molar-refractivity contribution in [1.29, 1.82) is 0 Å². The number of anilines is 2. The molecule has 1 aromatic heterocycles. The van der Waals surface area contributed by atoms with Crippen molar-refractivity contribution in [2.24, 2.45) is 10.9 Å². The van der Waals surface area contributed by atoms with E-state index in [9.17, 15) is 13.2 Å². The zero-order valence-electron chi connectivity index (χ0n) is 17.8. The minimum atomic E-state index is -3.76. The highest BCUT2D eigenvalue weighted by molar-refractivity contribution is 7.89. The second kappa shape index (κ2) is 9.79. The van der Waals surface area contributed by atoms with Crippen LogP contribution in [0.4, 0.5) is 11.6 Å². The number of ether oxygens (including phenoxy) is 1. The number of esters is 1. The predicted molar refractivity (Wildman–Crippen MR) is 128 cm³/mol. The van der Waals surface area contributed by atoms with Gasteiger partial charge in [-0.1, -0.05) is 30.3 Å². The lowest BCUT2D eigenvalue weighted by molar-refractivity contribution is -0.136. The number of nitrogens with zero attached hydrogens (tertiary/aromatic N) is 2. The molecule has 0 fully saturated rings. The molecule has 10 heteroatoms. The van der Waals surface area contributed by atoms with Gasteiger partial charge in [0.2, 0.25) is 16.0 Å². The zero-order valence-corrected chi connectivity index (χ0v) is 18.6. The fraction of sp³-hybridized carbons (Fsp3) is 0.0417. The van der Waals surface area contributed by atoms with Crippen LogP contribution in [0, 0.1) is 0 Å². The molecule has 0 aliphatic rings. The number of aromatic nitrogens is 2. The first-order valence-corrected chi connectivity index (χ1v) is 11.7. The molecule has 172 valence electrons. The van der Waals surface area contributed by atoms with Gasteiger partial charge < -0.3 is 15.8 Å². The van der Waals surface area contributed by atoms with Gasteiger partial charge >= 0.3 is 5.97 Å². The third-order valence-corrected chi connectivity index (χ3v) is 5.80. The number of nitrogens with one attached hydrogen (secondary N) is 1. The first-order valence-electron chi connectivity index (χ1n) is 10.2. The van der Waals surface area contributed by atoms with Gasteiger partial charge in [-0.2, -0.15) is 0 Å². The Morgan fingerprint density at radius 2 is 1.59 bits per heavy atom. The van der Waals surface area contributed by atoms with Crippen LogP contribution in [0.15, 0.2) is 96.0 Å². The Hall–Kier alpha value is -4.12. The standard InChI is InChI=1S/C24H21N5O4S/c25-22(17-4-2-1-3-5-17)23(30)33-19-10-6-16(7-11-19)21-14-15-27-24(29-21)28-18-8-12-20(13-9-18)34(26,31)32/h1-15,22H,25H2,(H2,26,31,32)(H,27,28,29)/t22-/m0/s1. The number of carbonyl (C=O) groups is 1. The van der Waals surface area contributed by atoms with Crippen LogP contribution in [0.3, 0.4) is 0 Å². The van der Waals surface area contributed by atoms with E-state index in [1.807, 2.05) is 18.2 Å². The number of rotatable bonds is 7. The molecule has 0 aliphatic heterocycles. The lowest BCUT2D eigenvalue weighted by atomic mass is 10.1. The summed E-state index contributed by atoms with van der Waals surface area (Å²) in [4.78, 5) is 21.0. The summed E-state index contributed by atoms with van der Waals surface area (Å²) in [5.74, 6) is 0.133. The van der Waals surface area contributed by atoms with Gasteiger partial charge in [-0.3, -0.25) is 0 Å². The van der Waals surface area contributed by atoms with E-state index < -0.39 is 22.0 Å². The molecule has 0 unspecified atom stereocenters. The monoisotopic (exact) mass is 475 g/mol. The minimum Gasteiger partial charge on any atom is -0.425 e. The highest BCUT2D eigenvalue weighted by Gasteiger charge is 2.18. The Morgan fingerprint density at radius 1 is 0.912 bits per heavy atom. The highest BCUT2D eigenvalue weighted by atomic mass is 32.2. The SMILES string of the molecule is N[C@H](C(=O)Oc1ccc(-c2ccnc(Nc3ccc(S(N)(=O)=O)cc3)n2)cc1)c1ccccc1. The molecule has 34 heavy (non-hydrogen) atoms. The average Bonchev–Trinajstić information content (AvgIpc) is 2.84. The second-order valence-electron chi connectivity index (χ2n) is 7.29. The van der Waals surface area contributed by atoms with E-state index in [-0.39, 0.29) is 4.90 Å². The molecule has 0 spiro atoms. The third kappa shape index (κ3) is 5.62. The van der Waals surface area contributed by atoms with Gasteiger partial charge in [0.05, 0.1) is 10.6 Å². The summed E-state index contributed by atoms with van der Waals surface area (Å²) >= 11 is 0. The first kappa shape index (κ1) is 23.1. The molecule has 0 aliphatic carbocycles. The van der Waals surface area contributed by atoms with Crippen molar-refractivity contribution in [1.82, 2.24) is 9.97 Å². The highest BCUT2D eigenvalue weighted by Crippen LogP contribution is 2.24. The molecule has 4 rings (SSSR count). The van der Waals surface area contributed by atoms with Gasteiger partial charge in [-0.15, -0.1) is 0 Å². The number of sulfonamides is 1. The molecular weight excluding hydrogens is 454 g/mol. The maximum atomic E-state index is 12.3. The number of primary sulfonamides is 1. The van der Waals surface area contributed by atoms with Crippen molar-refractivity contribution in [2.75, 3.05) is 5.32 Å². The van der Waals surface area contributed by atoms with Crippen LogP contribution in [0.25, 0.3) is 11.3 Å². The predicted octanol–water partition coefficient (Wildman–Crippen LogP) is 3.14. The van der Waals surface area contributed by atoms with E-state index in [0.717, 1.165) is 5.56 Å². The Bertz CT molecular complexity index is 1390. The molecule has 0 saturated carbocycles. The van der Waals surface area contributed by atoms with Crippen LogP contribution in [0.1, 0.15) is 11.6 Å². The van der Waals surface area contributed by atoms with Gasteiger partial charge in [-0.05, 0) is 60.2 Å². The third-order valence-electron chi connectivity index (χ3n) is 4.88. The molecular formula is C24H21N5O4S. The maximum absolute atomic E-state index is 12.3. The zero-order chi connectivity index (χ0) is 24.1. The molecule has 5 N–H and O–H groups in total. The van der Waals surface area contributed by atoms with Gasteiger partial charge in [-0.25, -0.2) is 28.3 Å². The van der Waals surface area contributed by atoms with Gasteiger partial charge in [0, 0.05) is 17.4 Å². The lowest BCUT2D eigenvalue weighted by Crippen LogP contribution is -2.25. The molecule has 1 atom stereocenters. The van der Waals surface area contributed by atoms with E-state index >= 15 is 0 Å². The van der Waals surface area contributed by atoms with E-state index in [1.165, 1.54) is 12.1 Å². The van der Waals surface area contributed by atoms with Crippen LogP contribution in [-0.2, 0) is 14.8 Å². The van der Waals surface area contributed by atoms with Crippen LogP contribution in [0.5, 0.6) is 5.75 Å². The topological polar surface area (TPSA) is 150 Å². The molecule has 4 aromatic rings. The number of hydrogen-bond acceptors (Lipinski definition) is 8. The smallest absolute Gasteiger partial charge is 0.332 e. The number of carbonyl (C=O) groups excluding carboxylic acids is 1. The van der Waals surface area contributed by atoms with E-state index in [0.29, 0.717) is 28.6 Å². The summed E-state index contributed by atoms with van der Waals surface area (Å²) < 4.78 is 28.2. The molecule has 9 nitrogen and oxygen atoms in total. The summed E-state index contributed by atoms with van der Waals surface area (Å²) in [6.07, 6.45) is 1.59. The van der Waals surface area contributed by atoms with Crippen LogP contribution >= 0.6 is 0 Å². The van der Waals surface area contributed by atoms with Crippen molar-refractivity contribution in [3.63, 3.8) is 0 Å². The van der Waals surface area contributed by atoms with Crippen LogP contribution in [-0.4, -0.2) is 24.4 Å². The molecule has 3 aromatic carbocycles. The van der Waals surface area contributed by atoms with Gasteiger partial charge in [0.15, 0.2) is 0 Å². The first-order chi connectivity index (χ1) is 16.3.